The molecule has 2 nitrogen and oxygen atoms in total. The molecule has 0 radical (unpaired) electrons. The first-order valence-corrected chi connectivity index (χ1v) is 4.95. The van der Waals surface area contributed by atoms with Crippen molar-refractivity contribution in [2.24, 2.45) is 0 Å². The first kappa shape index (κ1) is 10.2. The van der Waals surface area contributed by atoms with E-state index in [4.69, 9.17) is 5.26 Å². The second kappa shape index (κ2) is 5.00. The molecule has 0 saturated carbocycles. The summed E-state index contributed by atoms with van der Waals surface area (Å²) < 4.78 is 1.00. The van der Waals surface area contributed by atoms with Crippen molar-refractivity contribution in [2.45, 2.75) is 13.0 Å². The van der Waals surface area contributed by atoms with Gasteiger partial charge in [-0.3, -0.25) is 5.32 Å². The Morgan fingerprint density at radius 1 is 1.62 bits per heavy atom. The van der Waals surface area contributed by atoms with Gasteiger partial charge in [0, 0.05) is 4.47 Å². The zero-order valence-corrected chi connectivity index (χ0v) is 9.01. The fraction of sp³-hybridized carbons (Fsp3) is 0.300. The minimum atomic E-state index is -0.206. The third-order valence-corrected chi connectivity index (χ3v) is 2.21. The van der Waals surface area contributed by atoms with Gasteiger partial charge in [0.25, 0.3) is 0 Å². The molecule has 0 heterocycles. The summed E-state index contributed by atoms with van der Waals surface area (Å²) >= 11 is 3.37. The quantitative estimate of drug-likeness (QED) is 0.879. The zero-order valence-electron chi connectivity index (χ0n) is 7.42. The average Bonchev–Trinajstić information content (AvgIpc) is 2.14. The van der Waals surface area contributed by atoms with Gasteiger partial charge in [-0.05, 0) is 24.2 Å². The Morgan fingerprint density at radius 2 is 2.38 bits per heavy atom. The summed E-state index contributed by atoms with van der Waals surface area (Å²) in [6.07, 6.45) is 0. The number of nitrogens with zero attached hydrogens (tertiary/aromatic N) is 1. The molecule has 13 heavy (non-hydrogen) atoms. The highest BCUT2D eigenvalue weighted by atomic mass is 79.9. The summed E-state index contributed by atoms with van der Waals surface area (Å²) in [7, 11) is 0. The molecule has 0 aliphatic heterocycles. The monoisotopic (exact) mass is 238 g/mol. The summed E-state index contributed by atoms with van der Waals surface area (Å²) in [6, 6.07) is 9.79. The average molecular weight is 239 g/mol. The van der Waals surface area contributed by atoms with Gasteiger partial charge in [0.2, 0.25) is 0 Å². The molecule has 0 aliphatic carbocycles. The lowest BCUT2D eigenvalue weighted by molar-refractivity contribution is 0.658. The highest BCUT2D eigenvalue weighted by molar-refractivity contribution is 9.10. The topological polar surface area (TPSA) is 35.8 Å². The van der Waals surface area contributed by atoms with Crippen LogP contribution in [0.2, 0.25) is 0 Å². The number of halogens is 1. The molecule has 0 fully saturated rings. The Hall–Kier alpha value is -0.850. The van der Waals surface area contributed by atoms with Gasteiger partial charge < -0.3 is 0 Å². The van der Waals surface area contributed by atoms with Gasteiger partial charge in [-0.2, -0.15) is 5.26 Å². The van der Waals surface area contributed by atoms with E-state index in [-0.39, 0.29) is 6.04 Å². The highest BCUT2D eigenvalue weighted by Crippen LogP contribution is 2.17. The van der Waals surface area contributed by atoms with E-state index in [1.54, 1.807) is 0 Å². The van der Waals surface area contributed by atoms with Crippen molar-refractivity contribution in [3.8, 4) is 6.07 Å². The number of nitrogens with one attached hydrogen (secondary N) is 1. The van der Waals surface area contributed by atoms with E-state index in [2.05, 4.69) is 27.3 Å². The number of benzene rings is 1. The third-order valence-electron chi connectivity index (χ3n) is 1.72. The summed E-state index contributed by atoms with van der Waals surface area (Å²) in [5, 5.41) is 12.0. The lowest BCUT2D eigenvalue weighted by Crippen LogP contribution is -2.18. The first-order valence-electron chi connectivity index (χ1n) is 4.16. The van der Waals surface area contributed by atoms with Crippen LogP contribution >= 0.6 is 15.9 Å². The molecule has 0 amide bonds. The van der Waals surface area contributed by atoms with E-state index < -0.39 is 0 Å². The van der Waals surface area contributed by atoms with Crippen LogP contribution in [0.25, 0.3) is 0 Å². The predicted molar refractivity (Wildman–Crippen MR) is 56.2 cm³/mol. The van der Waals surface area contributed by atoms with E-state index in [1.165, 1.54) is 0 Å². The molecule has 0 saturated heterocycles. The van der Waals surface area contributed by atoms with Crippen molar-refractivity contribution in [3.63, 3.8) is 0 Å². The summed E-state index contributed by atoms with van der Waals surface area (Å²) in [5.41, 5.74) is 0.999. The first-order chi connectivity index (χ1) is 6.27. The summed E-state index contributed by atoms with van der Waals surface area (Å²) in [6.45, 7) is 2.78. The Labute approximate surface area is 86.7 Å². The van der Waals surface area contributed by atoms with Gasteiger partial charge in [0.1, 0.15) is 6.04 Å². The minimum Gasteiger partial charge on any atom is -0.298 e. The van der Waals surface area contributed by atoms with Crippen LogP contribution < -0.4 is 5.32 Å². The fourth-order valence-electron chi connectivity index (χ4n) is 1.13. The van der Waals surface area contributed by atoms with Crippen LogP contribution in [0.15, 0.2) is 28.7 Å². The van der Waals surface area contributed by atoms with Crippen molar-refractivity contribution < 1.29 is 0 Å². The Kier molecular flexibility index (Phi) is 3.94. The van der Waals surface area contributed by atoms with Gasteiger partial charge in [-0.1, -0.05) is 35.0 Å². The Balaban J connectivity index is 2.86. The van der Waals surface area contributed by atoms with Crippen molar-refractivity contribution in [1.82, 2.24) is 5.32 Å². The van der Waals surface area contributed by atoms with Crippen LogP contribution in [0.1, 0.15) is 18.5 Å². The van der Waals surface area contributed by atoms with Crippen molar-refractivity contribution in [2.75, 3.05) is 6.54 Å². The second-order valence-corrected chi connectivity index (χ2v) is 3.59. The largest absolute Gasteiger partial charge is 0.298 e. The molecule has 1 rings (SSSR count). The Morgan fingerprint density at radius 3 is 2.92 bits per heavy atom. The van der Waals surface area contributed by atoms with E-state index in [0.717, 1.165) is 16.6 Å². The molecule has 0 spiro atoms. The van der Waals surface area contributed by atoms with Gasteiger partial charge in [0.15, 0.2) is 0 Å². The van der Waals surface area contributed by atoms with E-state index in [0.29, 0.717) is 0 Å². The van der Waals surface area contributed by atoms with Gasteiger partial charge in [0.05, 0.1) is 6.07 Å². The molecule has 0 aliphatic rings. The molecule has 1 aromatic carbocycles. The minimum absolute atomic E-state index is 0.206. The van der Waals surface area contributed by atoms with Gasteiger partial charge in [-0.15, -0.1) is 0 Å². The third kappa shape index (κ3) is 2.83. The van der Waals surface area contributed by atoms with Crippen molar-refractivity contribution in [3.05, 3.63) is 34.3 Å². The second-order valence-electron chi connectivity index (χ2n) is 2.67. The van der Waals surface area contributed by atoms with Crippen molar-refractivity contribution >= 4 is 15.9 Å². The van der Waals surface area contributed by atoms with E-state index in [1.807, 2.05) is 31.2 Å². The fourth-order valence-corrected chi connectivity index (χ4v) is 1.55. The normalized spacial score (nSPS) is 12.1. The van der Waals surface area contributed by atoms with Crippen molar-refractivity contribution in [1.29, 1.82) is 5.26 Å². The van der Waals surface area contributed by atoms with Crippen LogP contribution in [0.3, 0.4) is 0 Å². The Bertz CT molecular complexity index is 317. The molecule has 68 valence electrons. The standard InChI is InChI=1S/C10H11BrN2/c1-2-13-10(7-12)8-4-3-5-9(11)6-8/h3-6,10,13H,2H2,1H3. The maximum absolute atomic E-state index is 8.87. The molecule has 1 N–H and O–H groups in total. The SMILES string of the molecule is CCNC(C#N)c1cccc(Br)c1. The molecule has 1 unspecified atom stereocenters. The smallest absolute Gasteiger partial charge is 0.121 e. The number of hydrogen-bond donors (Lipinski definition) is 1. The molecular formula is C10H11BrN2. The van der Waals surface area contributed by atoms with Crippen LogP contribution in [0.4, 0.5) is 0 Å². The number of rotatable bonds is 3. The maximum Gasteiger partial charge on any atom is 0.121 e. The van der Waals surface area contributed by atoms with E-state index in [9.17, 15) is 0 Å². The summed E-state index contributed by atoms with van der Waals surface area (Å²) in [4.78, 5) is 0. The molecule has 0 aromatic heterocycles. The van der Waals surface area contributed by atoms with Gasteiger partial charge in [-0.25, -0.2) is 0 Å². The highest BCUT2D eigenvalue weighted by Gasteiger charge is 2.07. The molecule has 0 bridgehead atoms. The molecule has 1 atom stereocenters. The maximum atomic E-state index is 8.87. The van der Waals surface area contributed by atoms with Crippen LogP contribution in [-0.2, 0) is 0 Å². The summed E-state index contributed by atoms with van der Waals surface area (Å²) in [5.74, 6) is 0. The lowest BCUT2D eigenvalue weighted by Gasteiger charge is -2.09. The van der Waals surface area contributed by atoms with Gasteiger partial charge >= 0.3 is 0 Å². The van der Waals surface area contributed by atoms with Crippen LogP contribution in [0, 0.1) is 11.3 Å². The number of hydrogen-bond acceptors (Lipinski definition) is 2. The predicted octanol–water partition coefficient (Wildman–Crippen LogP) is 2.62. The lowest BCUT2D eigenvalue weighted by atomic mass is 10.1. The number of nitriles is 1. The molecular weight excluding hydrogens is 228 g/mol. The van der Waals surface area contributed by atoms with E-state index >= 15 is 0 Å². The van der Waals surface area contributed by atoms with Crippen LogP contribution in [-0.4, -0.2) is 6.54 Å². The van der Waals surface area contributed by atoms with Crippen LogP contribution in [0.5, 0.6) is 0 Å². The molecule has 3 heteroatoms. The zero-order chi connectivity index (χ0) is 9.68. The molecule has 1 aromatic rings.